The second-order valence-electron chi connectivity index (χ2n) is 7.65. The molecule has 3 heterocycles. The number of aromatic nitrogens is 4. The molecule has 4 rings (SSSR count). The van der Waals surface area contributed by atoms with Crippen LogP contribution in [0.2, 0.25) is 0 Å². The maximum absolute atomic E-state index is 12.4. The van der Waals surface area contributed by atoms with Crippen LogP contribution in [0, 0.1) is 0 Å². The van der Waals surface area contributed by atoms with Crippen molar-refractivity contribution in [2.45, 2.75) is 39.2 Å². The predicted molar refractivity (Wildman–Crippen MR) is 115 cm³/mol. The molecule has 1 fully saturated rings. The molecule has 0 amide bonds. The summed E-state index contributed by atoms with van der Waals surface area (Å²) in [6.07, 6.45) is 6.15. The van der Waals surface area contributed by atoms with Crippen molar-refractivity contribution in [3.63, 3.8) is 0 Å². The van der Waals surface area contributed by atoms with Gasteiger partial charge in [0.15, 0.2) is 5.65 Å². The summed E-state index contributed by atoms with van der Waals surface area (Å²) in [7, 11) is 0. The van der Waals surface area contributed by atoms with Crippen molar-refractivity contribution in [1.29, 1.82) is 0 Å². The molecule has 1 aromatic carbocycles. The van der Waals surface area contributed by atoms with E-state index in [9.17, 15) is 4.79 Å². The lowest BCUT2D eigenvalue weighted by Gasteiger charge is -2.15. The molecule has 8 heteroatoms. The summed E-state index contributed by atoms with van der Waals surface area (Å²) in [6, 6.07) is 8.17. The number of fused-ring (bicyclic) bond motifs is 1. The van der Waals surface area contributed by atoms with Crippen molar-refractivity contribution in [3.8, 4) is 11.8 Å². The van der Waals surface area contributed by atoms with Crippen molar-refractivity contribution in [2.75, 3.05) is 32.8 Å². The molecule has 1 saturated heterocycles. The van der Waals surface area contributed by atoms with Crippen LogP contribution in [-0.2, 0) is 6.54 Å². The summed E-state index contributed by atoms with van der Waals surface area (Å²) in [5.41, 5.74) is 1.94. The molecule has 0 radical (unpaired) electrons. The fraction of sp³-hybridized carbons (Fsp3) is 0.500. The molecule has 0 spiro atoms. The Labute approximate surface area is 175 Å². The largest absolute Gasteiger partial charge is 0.492 e. The number of ether oxygens (including phenoxy) is 2. The zero-order valence-electron chi connectivity index (χ0n) is 17.5. The number of H-pyrrole nitrogens is 1. The van der Waals surface area contributed by atoms with Gasteiger partial charge in [-0.25, -0.2) is 9.78 Å². The number of unbranched alkanes of at least 4 members (excludes halogenated alkanes) is 1. The van der Waals surface area contributed by atoms with Gasteiger partial charge in [-0.2, -0.15) is 4.98 Å². The van der Waals surface area contributed by atoms with Crippen LogP contribution in [0.5, 0.6) is 11.8 Å². The van der Waals surface area contributed by atoms with E-state index in [1.165, 1.54) is 25.9 Å². The highest BCUT2D eigenvalue weighted by atomic mass is 16.5. The number of hydrogen-bond acceptors (Lipinski definition) is 6. The van der Waals surface area contributed by atoms with Crippen LogP contribution in [0.3, 0.4) is 0 Å². The molecule has 0 atom stereocenters. The van der Waals surface area contributed by atoms with E-state index in [-0.39, 0.29) is 5.69 Å². The van der Waals surface area contributed by atoms with Gasteiger partial charge >= 0.3 is 11.7 Å². The highest BCUT2D eigenvalue weighted by Crippen LogP contribution is 2.16. The van der Waals surface area contributed by atoms with Gasteiger partial charge in [0.25, 0.3) is 0 Å². The van der Waals surface area contributed by atoms with Crippen molar-refractivity contribution < 1.29 is 9.47 Å². The molecule has 0 bridgehead atoms. The highest BCUT2D eigenvalue weighted by molar-refractivity contribution is 5.69. The van der Waals surface area contributed by atoms with Gasteiger partial charge in [-0.3, -0.25) is 9.47 Å². The summed E-state index contributed by atoms with van der Waals surface area (Å²) in [4.78, 5) is 26.3. The molecular formula is C22H29N5O3. The summed E-state index contributed by atoms with van der Waals surface area (Å²) in [5, 5.41) is 0. The van der Waals surface area contributed by atoms with Gasteiger partial charge in [0.1, 0.15) is 17.9 Å². The number of rotatable bonds is 10. The quantitative estimate of drug-likeness (QED) is 0.517. The Morgan fingerprint density at radius 2 is 1.90 bits per heavy atom. The molecule has 0 aliphatic carbocycles. The van der Waals surface area contributed by atoms with E-state index >= 15 is 0 Å². The van der Waals surface area contributed by atoms with E-state index < -0.39 is 0 Å². The van der Waals surface area contributed by atoms with Gasteiger partial charge in [-0.05, 0) is 50.0 Å². The van der Waals surface area contributed by atoms with E-state index in [0.29, 0.717) is 36.9 Å². The fourth-order valence-electron chi connectivity index (χ4n) is 3.63. The number of benzene rings is 1. The molecule has 3 aromatic rings. The minimum atomic E-state index is -0.212. The van der Waals surface area contributed by atoms with Crippen LogP contribution >= 0.6 is 0 Å². The van der Waals surface area contributed by atoms with Gasteiger partial charge in [0.05, 0.1) is 19.3 Å². The number of hydrogen-bond donors (Lipinski definition) is 1. The van der Waals surface area contributed by atoms with E-state index in [1.807, 2.05) is 24.3 Å². The molecular weight excluding hydrogens is 382 g/mol. The normalized spacial score (nSPS) is 14.4. The maximum atomic E-state index is 12.4. The SMILES string of the molecule is CCCCOc1ncc2[nH]c(=O)n(Cc3ccc(OCCN4CCCC4)cc3)c2n1. The Kier molecular flexibility index (Phi) is 6.63. The van der Waals surface area contributed by atoms with Gasteiger partial charge in [0, 0.05) is 6.54 Å². The van der Waals surface area contributed by atoms with Crippen LogP contribution in [-0.4, -0.2) is 57.3 Å². The topological polar surface area (TPSA) is 85.3 Å². The lowest BCUT2D eigenvalue weighted by atomic mass is 10.2. The van der Waals surface area contributed by atoms with Crippen molar-refractivity contribution in [3.05, 3.63) is 46.5 Å². The van der Waals surface area contributed by atoms with E-state index in [0.717, 1.165) is 30.7 Å². The summed E-state index contributed by atoms with van der Waals surface area (Å²) < 4.78 is 13.1. The molecule has 8 nitrogen and oxygen atoms in total. The maximum Gasteiger partial charge on any atom is 0.328 e. The zero-order chi connectivity index (χ0) is 20.8. The van der Waals surface area contributed by atoms with Gasteiger partial charge in [-0.1, -0.05) is 25.5 Å². The lowest BCUT2D eigenvalue weighted by molar-refractivity contribution is 0.238. The van der Waals surface area contributed by atoms with E-state index in [1.54, 1.807) is 10.8 Å². The van der Waals surface area contributed by atoms with Crippen molar-refractivity contribution >= 4 is 11.2 Å². The molecule has 30 heavy (non-hydrogen) atoms. The standard InChI is InChI=1S/C22H29N5O3/c1-2-3-13-30-21-23-15-19-20(25-21)27(22(28)24-19)16-17-6-8-18(9-7-17)29-14-12-26-10-4-5-11-26/h6-9,15H,2-5,10-14,16H2,1H3,(H,24,28). The van der Waals surface area contributed by atoms with Crippen LogP contribution < -0.4 is 15.2 Å². The van der Waals surface area contributed by atoms with Crippen LogP contribution in [0.25, 0.3) is 11.2 Å². The first-order chi connectivity index (χ1) is 14.7. The molecule has 1 N–H and O–H groups in total. The third-order valence-corrected chi connectivity index (χ3v) is 5.36. The molecule has 0 unspecified atom stereocenters. The summed E-state index contributed by atoms with van der Waals surface area (Å²) >= 11 is 0. The first-order valence-corrected chi connectivity index (χ1v) is 10.8. The highest BCUT2D eigenvalue weighted by Gasteiger charge is 2.12. The lowest BCUT2D eigenvalue weighted by Crippen LogP contribution is -2.25. The van der Waals surface area contributed by atoms with Crippen LogP contribution in [0.1, 0.15) is 38.2 Å². The predicted octanol–water partition coefficient (Wildman–Crippen LogP) is 2.82. The molecule has 1 aliphatic rings. The molecule has 2 aromatic heterocycles. The minimum absolute atomic E-state index is 0.212. The Morgan fingerprint density at radius 1 is 1.10 bits per heavy atom. The van der Waals surface area contributed by atoms with Gasteiger partial charge < -0.3 is 14.5 Å². The Hall–Kier alpha value is -2.87. The Bertz CT molecular complexity index is 1010. The first-order valence-electron chi connectivity index (χ1n) is 10.8. The molecule has 0 saturated carbocycles. The number of nitrogens with one attached hydrogen (secondary N) is 1. The monoisotopic (exact) mass is 411 g/mol. The number of aromatic amines is 1. The number of likely N-dealkylation sites (tertiary alicyclic amines) is 1. The second kappa shape index (κ2) is 9.75. The van der Waals surface area contributed by atoms with E-state index in [4.69, 9.17) is 9.47 Å². The van der Waals surface area contributed by atoms with Crippen LogP contribution in [0.15, 0.2) is 35.3 Å². The van der Waals surface area contributed by atoms with Gasteiger partial charge in [-0.15, -0.1) is 0 Å². The van der Waals surface area contributed by atoms with E-state index in [2.05, 4.69) is 26.8 Å². The number of nitrogens with zero attached hydrogens (tertiary/aromatic N) is 4. The van der Waals surface area contributed by atoms with Crippen molar-refractivity contribution in [1.82, 2.24) is 24.4 Å². The average molecular weight is 412 g/mol. The summed E-state index contributed by atoms with van der Waals surface area (Å²) in [6.45, 7) is 7.09. The fourth-order valence-corrected chi connectivity index (χ4v) is 3.63. The Balaban J connectivity index is 1.40. The van der Waals surface area contributed by atoms with Gasteiger partial charge in [0.2, 0.25) is 0 Å². The number of imidazole rings is 1. The Morgan fingerprint density at radius 3 is 2.67 bits per heavy atom. The van der Waals surface area contributed by atoms with Crippen molar-refractivity contribution in [2.24, 2.45) is 0 Å². The zero-order valence-corrected chi connectivity index (χ0v) is 17.5. The second-order valence-corrected chi connectivity index (χ2v) is 7.65. The average Bonchev–Trinajstić information content (AvgIpc) is 3.38. The first kappa shape index (κ1) is 20.4. The minimum Gasteiger partial charge on any atom is -0.492 e. The third kappa shape index (κ3) is 4.99. The third-order valence-electron chi connectivity index (χ3n) is 5.36. The molecule has 160 valence electrons. The molecule has 1 aliphatic heterocycles. The summed E-state index contributed by atoms with van der Waals surface area (Å²) in [5.74, 6) is 0.846. The van der Waals surface area contributed by atoms with Crippen LogP contribution in [0.4, 0.5) is 0 Å². The smallest absolute Gasteiger partial charge is 0.328 e.